The van der Waals surface area contributed by atoms with E-state index in [1.54, 1.807) is 13.8 Å². The third-order valence-electron chi connectivity index (χ3n) is 2.93. The lowest BCUT2D eigenvalue weighted by molar-refractivity contribution is 0.0772. The van der Waals surface area contributed by atoms with E-state index < -0.39 is 30.7 Å². The van der Waals surface area contributed by atoms with E-state index in [0.717, 1.165) is 24.5 Å². The predicted octanol–water partition coefficient (Wildman–Crippen LogP) is 0.220. The van der Waals surface area contributed by atoms with Crippen LogP contribution in [0.2, 0.25) is 0 Å². The molecule has 21 heavy (non-hydrogen) atoms. The van der Waals surface area contributed by atoms with Crippen molar-refractivity contribution < 1.29 is 21.6 Å². The number of carbonyl (C=O) groups is 1. The smallest absolute Gasteiger partial charge is 0.253 e. The molecule has 7 nitrogen and oxygen atoms in total. The van der Waals surface area contributed by atoms with Gasteiger partial charge in [0.2, 0.25) is 10.0 Å². The van der Waals surface area contributed by atoms with E-state index in [1.165, 1.54) is 4.90 Å². The molecule has 1 amide bonds. The molecule has 0 fully saturated rings. The quantitative estimate of drug-likeness (QED) is 0.827. The minimum Gasteiger partial charge on any atom is -0.339 e. The van der Waals surface area contributed by atoms with E-state index >= 15 is 0 Å². The Morgan fingerprint density at radius 2 is 1.52 bits per heavy atom. The summed E-state index contributed by atoms with van der Waals surface area (Å²) in [4.78, 5) is 13.1. The number of rotatable bonds is 5. The van der Waals surface area contributed by atoms with Crippen LogP contribution in [-0.2, 0) is 19.9 Å². The van der Waals surface area contributed by atoms with Gasteiger partial charge in [-0.05, 0) is 32.0 Å². The van der Waals surface area contributed by atoms with Gasteiger partial charge < -0.3 is 4.90 Å². The monoisotopic (exact) mass is 334 g/mol. The molecule has 1 aromatic carbocycles. The van der Waals surface area contributed by atoms with Gasteiger partial charge >= 0.3 is 0 Å². The number of primary sulfonamides is 1. The summed E-state index contributed by atoms with van der Waals surface area (Å²) in [6.45, 7) is 4.37. The number of hydrogen-bond acceptors (Lipinski definition) is 5. The zero-order valence-electron chi connectivity index (χ0n) is 12.0. The highest BCUT2D eigenvalue weighted by Crippen LogP contribution is 2.19. The largest absolute Gasteiger partial charge is 0.339 e. The van der Waals surface area contributed by atoms with Gasteiger partial charge in [-0.3, -0.25) is 4.79 Å². The summed E-state index contributed by atoms with van der Waals surface area (Å²) in [5, 5.41) is 5.03. The molecule has 0 heterocycles. The topological polar surface area (TPSA) is 115 Å². The number of carbonyl (C=O) groups excluding carboxylic acids is 1. The van der Waals surface area contributed by atoms with Gasteiger partial charge in [0.1, 0.15) is 0 Å². The summed E-state index contributed by atoms with van der Waals surface area (Å²) in [6.07, 6.45) is 0.931. The Morgan fingerprint density at radius 3 is 1.90 bits per heavy atom. The minimum atomic E-state index is -4.12. The SMILES string of the molecule is CCN(CC)C(=O)c1cc(S(C)(=O)=O)cc(S(N)(=O)=O)c1. The highest BCUT2D eigenvalue weighted by molar-refractivity contribution is 7.91. The van der Waals surface area contributed by atoms with Gasteiger partial charge in [-0.2, -0.15) is 0 Å². The van der Waals surface area contributed by atoms with Crippen molar-refractivity contribution in [3.05, 3.63) is 23.8 Å². The number of nitrogens with two attached hydrogens (primary N) is 1. The molecule has 0 aliphatic heterocycles. The Morgan fingerprint density at radius 1 is 1.05 bits per heavy atom. The van der Waals surface area contributed by atoms with E-state index in [2.05, 4.69) is 0 Å². The summed E-state index contributed by atoms with van der Waals surface area (Å²) < 4.78 is 46.2. The van der Waals surface area contributed by atoms with Crippen molar-refractivity contribution in [3.63, 3.8) is 0 Å². The fourth-order valence-electron chi connectivity index (χ4n) is 1.77. The van der Waals surface area contributed by atoms with Crippen LogP contribution in [0.1, 0.15) is 24.2 Å². The van der Waals surface area contributed by atoms with Crippen LogP contribution < -0.4 is 5.14 Å². The fourth-order valence-corrected chi connectivity index (χ4v) is 3.11. The van der Waals surface area contributed by atoms with Crippen LogP contribution >= 0.6 is 0 Å². The Balaban J connectivity index is 3.57. The molecule has 1 aromatic rings. The van der Waals surface area contributed by atoms with Gasteiger partial charge in [-0.15, -0.1) is 0 Å². The van der Waals surface area contributed by atoms with Gasteiger partial charge in [0.15, 0.2) is 9.84 Å². The summed E-state index contributed by atoms with van der Waals surface area (Å²) in [6, 6.07) is 3.19. The Labute approximate surface area is 124 Å². The van der Waals surface area contributed by atoms with Gasteiger partial charge in [-0.25, -0.2) is 22.0 Å². The lowest BCUT2D eigenvalue weighted by atomic mass is 10.2. The van der Waals surface area contributed by atoms with Crippen molar-refractivity contribution in [3.8, 4) is 0 Å². The molecule has 9 heteroatoms. The summed E-state index contributed by atoms with van der Waals surface area (Å²) in [5.41, 5.74) is -0.0225. The first-order valence-electron chi connectivity index (χ1n) is 6.18. The van der Waals surface area contributed by atoms with Crippen molar-refractivity contribution >= 4 is 25.8 Å². The Kier molecular flexibility index (Phi) is 5.13. The first kappa shape index (κ1) is 17.6. The number of benzene rings is 1. The maximum absolute atomic E-state index is 12.3. The number of sulfone groups is 1. The van der Waals surface area contributed by atoms with Gasteiger partial charge in [0, 0.05) is 24.9 Å². The second-order valence-corrected chi connectivity index (χ2v) is 8.06. The molecule has 0 radical (unpaired) electrons. The van der Waals surface area contributed by atoms with Crippen LogP contribution in [0.4, 0.5) is 0 Å². The lowest BCUT2D eigenvalue weighted by Crippen LogP contribution is -2.30. The number of hydrogen-bond donors (Lipinski definition) is 1. The second kappa shape index (κ2) is 6.12. The molecule has 1 rings (SSSR count). The maximum Gasteiger partial charge on any atom is 0.253 e. The fraction of sp³-hybridized carbons (Fsp3) is 0.417. The standard InChI is InChI=1S/C12H18N2O5S2/c1-4-14(5-2)12(15)9-6-10(20(3,16)17)8-11(7-9)21(13,18)19/h6-8H,4-5H2,1-3H3,(H2,13,18,19). The van der Waals surface area contributed by atoms with Crippen LogP contribution in [0.5, 0.6) is 0 Å². The first-order chi connectivity index (χ1) is 9.50. The highest BCUT2D eigenvalue weighted by Gasteiger charge is 2.20. The average Bonchev–Trinajstić information content (AvgIpc) is 2.37. The molecule has 0 aromatic heterocycles. The van der Waals surface area contributed by atoms with E-state index in [0.29, 0.717) is 13.1 Å². The van der Waals surface area contributed by atoms with Crippen LogP contribution in [0.3, 0.4) is 0 Å². The Bertz CT molecular complexity index is 700. The molecule has 2 N–H and O–H groups in total. The first-order valence-corrected chi connectivity index (χ1v) is 9.61. The molecule has 0 saturated carbocycles. The third kappa shape index (κ3) is 4.26. The van der Waals surface area contributed by atoms with Crippen molar-refractivity contribution in [1.82, 2.24) is 4.90 Å². The Hall–Kier alpha value is -1.45. The minimum absolute atomic E-state index is 0.0225. The number of nitrogens with zero attached hydrogens (tertiary/aromatic N) is 1. The summed E-state index contributed by atoms with van der Waals surface area (Å²) in [5.74, 6) is -0.449. The molecule has 0 spiro atoms. The molecule has 118 valence electrons. The predicted molar refractivity (Wildman–Crippen MR) is 78.2 cm³/mol. The molecule has 0 atom stereocenters. The van der Waals surface area contributed by atoms with Gasteiger partial charge in [-0.1, -0.05) is 0 Å². The van der Waals surface area contributed by atoms with E-state index in [1.807, 2.05) is 0 Å². The number of sulfonamides is 1. The molecule has 0 bridgehead atoms. The normalized spacial score (nSPS) is 12.2. The molecule has 0 aliphatic rings. The van der Waals surface area contributed by atoms with Crippen molar-refractivity contribution in [1.29, 1.82) is 0 Å². The van der Waals surface area contributed by atoms with Crippen molar-refractivity contribution in [2.24, 2.45) is 5.14 Å². The summed E-state index contributed by atoms with van der Waals surface area (Å²) in [7, 11) is -7.79. The van der Waals surface area contributed by atoms with Crippen LogP contribution in [-0.4, -0.2) is 47.0 Å². The number of amides is 1. The second-order valence-electron chi connectivity index (χ2n) is 4.49. The van der Waals surface area contributed by atoms with E-state index in [9.17, 15) is 21.6 Å². The zero-order chi connectivity index (χ0) is 16.4. The van der Waals surface area contributed by atoms with Crippen molar-refractivity contribution in [2.45, 2.75) is 23.6 Å². The van der Waals surface area contributed by atoms with Crippen LogP contribution in [0.15, 0.2) is 28.0 Å². The molecule has 0 unspecified atom stereocenters. The maximum atomic E-state index is 12.3. The van der Waals surface area contributed by atoms with Crippen LogP contribution in [0.25, 0.3) is 0 Å². The average molecular weight is 334 g/mol. The third-order valence-corrected chi connectivity index (χ3v) is 4.92. The van der Waals surface area contributed by atoms with Gasteiger partial charge in [0.05, 0.1) is 9.79 Å². The lowest BCUT2D eigenvalue weighted by Gasteiger charge is -2.19. The van der Waals surface area contributed by atoms with E-state index in [-0.39, 0.29) is 10.5 Å². The van der Waals surface area contributed by atoms with Crippen LogP contribution in [0, 0.1) is 0 Å². The van der Waals surface area contributed by atoms with Crippen molar-refractivity contribution in [2.75, 3.05) is 19.3 Å². The molecule has 0 saturated heterocycles. The molecular weight excluding hydrogens is 316 g/mol. The highest BCUT2D eigenvalue weighted by atomic mass is 32.2. The van der Waals surface area contributed by atoms with E-state index in [4.69, 9.17) is 5.14 Å². The van der Waals surface area contributed by atoms with Gasteiger partial charge in [0.25, 0.3) is 5.91 Å². The molecule has 0 aliphatic carbocycles. The molecular formula is C12H18N2O5S2. The zero-order valence-corrected chi connectivity index (χ0v) is 13.7. The summed E-state index contributed by atoms with van der Waals surface area (Å²) >= 11 is 0.